The van der Waals surface area contributed by atoms with Crippen LogP contribution in [0, 0.1) is 5.82 Å². The fraction of sp³-hybridized carbons (Fsp3) is 0.121. The summed E-state index contributed by atoms with van der Waals surface area (Å²) in [7, 11) is 0. The van der Waals surface area contributed by atoms with Crippen molar-refractivity contribution in [2.24, 2.45) is 4.99 Å². The first kappa shape index (κ1) is 27.6. The highest BCUT2D eigenvalue weighted by atomic mass is 32.1. The number of thiazole rings is 1. The highest BCUT2D eigenvalue weighted by Gasteiger charge is 2.35. The maximum Gasteiger partial charge on any atom is 0.338 e. The first-order valence-corrected chi connectivity index (χ1v) is 15.0. The van der Waals surface area contributed by atoms with Gasteiger partial charge in [-0.3, -0.25) is 9.36 Å². The molecule has 6 nitrogen and oxygen atoms in total. The number of esters is 1. The summed E-state index contributed by atoms with van der Waals surface area (Å²) in [6.45, 7) is 2.24. The predicted molar refractivity (Wildman–Crippen MR) is 163 cm³/mol. The van der Waals surface area contributed by atoms with Crippen molar-refractivity contribution >= 4 is 40.4 Å². The highest BCUT2D eigenvalue weighted by Crippen LogP contribution is 2.36. The molecule has 210 valence electrons. The third-order valence-corrected chi connectivity index (χ3v) is 8.57. The topological polar surface area (TPSA) is 69.9 Å². The number of halogens is 1. The smallest absolute Gasteiger partial charge is 0.338 e. The van der Waals surface area contributed by atoms with E-state index >= 15 is 0 Å². The third kappa shape index (κ3) is 5.61. The molecule has 6 rings (SSSR count). The van der Waals surface area contributed by atoms with E-state index in [1.807, 2.05) is 72.1 Å². The fourth-order valence-corrected chi connectivity index (χ4v) is 6.57. The minimum atomic E-state index is -0.678. The Morgan fingerprint density at radius 2 is 1.83 bits per heavy atom. The van der Waals surface area contributed by atoms with Crippen molar-refractivity contribution in [2.75, 3.05) is 6.61 Å². The van der Waals surface area contributed by atoms with Crippen molar-refractivity contribution in [3.8, 4) is 5.75 Å². The van der Waals surface area contributed by atoms with Crippen LogP contribution in [-0.4, -0.2) is 17.1 Å². The number of ether oxygens (including phenoxy) is 2. The van der Waals surface area contributed by atoms with Gasteiger partial charge >= 0.3 is 5.97 Å². The molecule has 0 bridgehead atoms. The largest absolute Gasteiger partial charge is 0.489 e. The Kier molecular flexibility index (Phi) is 7.94. The summed E-state index contributed by atoms with van der Waals surface area (Å²) < 4.78 is 26.7. The van der Waals surface area contributed by atoms with E-state index in [1.165, 1.54) is 34.8 Å². The zero-order chi connectivity index (χ0) is 29.1. The van der Waals surface area contributed by atoms with Crippen molar-refractivity contribution in [1.29, 1.82) is 0 Å². The molecule has 9 heteroatoms. The molecule has 2 aromatic heterocycles. The molecule has 0 N–H and O–H groups in total. The quantitative estimate of drug-likeness (QED) is 0.215. The van der Waals surface area contributed by atoms with Crippen LogP contribution in [-0.2, 0) is 16.1 Å². The first-order valence-electron chi connectivity index (χ1n) is 13.3. The lowest BCUT2D eigenvalue weighted by molar-refractivity contribution is -0.138. The minimum absolute atomic E-state index is 0.200. The SMILES string of the molecule is CCOC(=O)C1=C(c2ccccc2)N=c2s/c(=C\c3cccc(OCc4ccc(F)cc4)c3)c(=O)n2[C@H]1c1cccs1. The number of hydrogen-bond acceptors (Lipinski definition) is 7. The maximum absolute atomic E-state index is 14.0. The molecule has 3 aromatic carbocycles. The van der Waals surface area contributed by atoms with E-state index < -0.39 is 12.0 Å². The van der Waals surface area contributed by atoms with E-state index in [1.54, 1.807) is 29.7 Å². The molecule has 0 unspecified atom stereocenters. The third-order valence-electron chi connectivity index (χ3n) is 6.66. The molecule has 0 amide bonds. The van der Waals surface area contributed by atoms with Gasteiger partial charge < -0.3 is 9.47 Å². The standard InChI is InChI=1S/C33H25FN2O4S2/c1-2-39-32(38)28-29(23-9-4-3-5-10-23)35-33-36(30(28)26-12-7-17-41-26)31(37)27(42-33)19-22-8-6-11-25(18-22)40-20-21-13-15-24(34)16-14-21/h3-19,30H,2,20H2,1H3/b27-19-/t30-/m0/s1. The summed E-state index contributed by atoms with van der Waals surface area (Å²) in [5.74, 6) is -0.180. The lowest BCUT2D eigenvalue weighted by Gasteiger charge is -2.24. The molecule has 0 spiro atoms. The summed E-state index contributed by atoms with van der Waals surface area (Å²) in [5.41, 5.74) is 2.97. The van der Waals surface area contributed by atoms with Crippen LogP contribution in [0.4, 0.5) is 4.39 Å². The van der Waals surface area contributed by atoms with Gasteiger partial charge in [0.1, 0.15) is 24.2 Å². The molecular formula is C33H25FN2O4S2. The van der Waals surface area contributed by atoms with Gasteiger partial charge in [-0.05, 0) is 59.8 Å². The maximum atomic E-state index is 14.0. The van der Waals surface area contributed by atoms with E-state index in [0.717, 1.165) is 21.6 Å². The molecule has 1 atom stereocenters. The van der Waals surface area contributed by atoms with Gasteiger partial charge in [-0.2, -0.15) is 0 Å². The van der Waals surface area contributed by atoms with Gasteiger partial charge in [-0.1, -0.05) is 72.0 Å². The van der Waals surface area contributed by atoms with Gasteiger partial charge in [-0.25, -0.2) is 14.2 Å². The van der Waals surface area contributed by atoms with Crippen LogP contribution in [0.5, 0.6) is 5.75 Å². The van der Waals surface area contributed by atoms with E-state index in [9.17, 15) is 14.0 Å². The molecule has 0 fully saturated rings. The summed E-state index contributed by atoms with van der Waals surface area (Å²) in [6, 6.07) is 26.2. The van der Waals surface area contributed by atoms with Crippen molar-refractivity contribution in [2.45, 2.75) is 19.6 Å². The highest BCUT2D eigenvalue weighted by molar-refractivity contribution is 7.10. The van der Waals surface area contributed by atoms with Crippen LogP contribution in [0.3, 0.4) is 0 Å². The van der Waals surface area contributed by atoms with Crippen molar-refractivity contribution in [3.05, 3.63) is 149 Å². The lowest BCUT2D eigenvalue weighted by Crippen LogP contribution is -2.39. The van der Waals surface area contributed by atoms with Gasteiger partial charge in [0.05, 0.1) is 22.4 Å². The predicted octanol–water partition coefficient (Wildman–Crippen LogP) is 5.72. The van der Waals surface area contributed by atoms with Crippen molar-refractivity contribution < 1.29 is 18.7 Å². The van der Waals surface area contributed by atoms with Gasteiger partial charge in [0, 0.05) is 10.4 Å². The Balaban J connectivity index is 1.44. The van der Waals surface area contributed by atoms with E-state index in [2.05, 4.69) is 0 Å². The number of carbonyl (C=O) groups is 1. The summed E-state index contributed by atoms with van der Waals surface area (Å²) in [4.78, 5) is 33.6. The van der Waals surface area contributed by atoms with Gasteiger partial charge in [-0.15, -0.1) is 11.3 Å². The Labute approximate surface area is 249 Å². The molecular weight excluding hydrogens is 572 g/mol. The number of rotatable bonds is 8. The molecule has 0 saturated carbocycles. The van der Waals surface area contributed by atoms with Crippen molar-refractivity contribution in [1.82, 2.24) is 4.57 Å². The molecule has 3 heterocycles. The average Bonchev–Trinajstić information content (AvgIpc) is 3.65. The molecule has 42 heavy (non-hydrogen) atoms. The fourth-order valence-electron chi connectivity index (χ4n) is 4.75. The Hall–Kier alpha value is -4.60. The summed E-state index contributed by atoms with van der Waals surface area (Å²) >= 11 is 2.74. The Morgan fingerprint density at radius 3 is 2.57 bits per heavy atom. The molecule has 5 aromatic rings. The number of nitrogens with zero attached hydrogens (tertiary/aromatic N) is 2. The monoisotopic (exact) mass is 596 g/mol. The van der Waals surface area contributed by atoms with Crippen LogP contribution in [0.15, 0.2) is 112 Å². The van der Waals surface area contributed by atoms with E-state index in [4.69, 9.17) is 14.5 Å². The van der Waals surface area contributed by atoms with Gasteiger partial charge in [0.15, 0.2) is 4.80 Å². The number of benzene rings is 3. The number of carbonyl (C=O) groups excluding carboxylic acids is 1. The zero-order valence-corrected chi connectivity index (χ0v) is 24.2. The van der Waals surface area contributed by atoms with Crippen molar-refractivity contribution in [3.63, 3.8) is 0 Å². The van der Waals surface area contributed by atoms with Crippen LogP contribution in [0.1, 0.15) is 34.5 Å². The second-order valence-corrected chi connectivity index (χ2v) is 11.4. The van der Waals surface area contributed by atoms with Crippen LogP contribution in [0.2, 0.25) is 0 Å². The molecule has 1 aliphatic rings. The van der Waals surface area contributed by atoms with Gasteiger partial charge in [0.2, 0.25) is 0 Å². The molecule has 0 aliphatic carbocycles. The first-order chi connectivity index (χ1) is 20.5. The minimum Gasteiger partial charge on any atom is -0.489 e. The average molecular weight is 597 g/mol. The second kappa shape index (κ2) is 12.1. The number of thiophene rings is 1. The summed E-state index contributed by atoms with van der Waals surface area (Å²) in [5, 5.41) is 1.92. The number of fused-ring (bicyclic) bond motifs is 1. The molecule has 0 saturated heterocycles. The zero-order valence-electron chi connectivity index (χ0n) is 22.5. The summed E-state index contributed by atoms with van der Waals surface area (Å²) in [6.07, 6.45) is 1.80. The molecule has 0 radical (unpaired) electrons. The van der Waals surface area contributed by atoms with Gasteiger partial charge in [0.25, 0.3) is 5.56 Å². The number of hydrogen-bond donors (Lipinski definition) is 0. The van der Waals surface area contributed by atoms with E-state index in [-0.39, 0.29) is 24.6 Å². The Bertz CT molecular complexity index is 1940. The van der Waals surface area contributed by atoms with Crippen LogP contribution >= 0.6 is 22.7 Å². The molecule has 1 aliphatic heterocycles. The number of aromatic nitrogens is 1. The Morgan fingerprint density at radius 1 is 1.02 bits per heavy atom. The second-order valence-electron chi connectivity index (χ2n) is 9.43. The van der Waals surface area contributed by atoms with E-state index in [0.29, 0.717) is 26.4 Å². The van der Waals surface area contributed by atoms with Crippen LogP contribution in [0.25, 0.3) is 11.8 Å². The lowest BCUT2D eigenvalue weighted by atomic mass is 9.97. The van der Waals surface area contributed by atoms with Crippen LogP contribution < -0.4 is 19.6 Å². The normalized spacial score (nSPS) is 14.8.